The molecule has 1 heterocycles. The highest BCUT2D eigenvalue weighted by Crippen LogP contribution is 2.29. The van der Waals surface area contributed by atoms with Crippen LogP contribution < -0.4 is 25.4 Å². The quantitative estimate of drug-likeness (QED) is 0.338. The molecule has 166 valence electrons. The van der Waals surface area contributed by atoms with Gasteiger partial charge in [0, 0.05) is 5.69 Å². The molecule has 0 radical (unpaired) electrons. The Labute approximate surface area is 191 Å². The molecule has 1 aliphatic heterocycles. The minimum atomic E-state index is -0.583. The van der Waals surface area contributed by atoms with Crippen LogP contribution in [0.4, 0.5) is 5.69 Å². The van der Waals surface area contributed by atoms with Crippen molar-refractivity contribution >= 4 is 46.8 Å². The van der Waals surface area contributed by atoms with Crippen LogP contribution in [0.15, 0.2) is 42.0 Å². The summed E-state index contributed by atoms with van der Waals surface area (Å²) in [4.78, 5) is 36.4. The number of anilines is 1. The summed E-state index contributed by atoms with van der Waals surface area (Å²) in [5.41, 5.74) is 3.26. The van der Waals surface area contributed by atoms with E-state index in [1.54, 1.807) is 18.2 Å². The van der Waals surface area contributed by atoms with Gasteiger partial charge >= 0.3 is 0 Å². The van der Waals surface area contributed by atoms with Crippen LogP contribution in [-0.4, -0.2) is 36.0 Å². The van der Waals surface area contributed by atoms with Gasteiger partial charge in [0.05, 0.1) is 6.61 Å². The van der Waals surface area contributed by atoms with Gasteiger partial charge in [-0.15, -0.1) is 0 Å². The Bertz CT molecular complexity index is 1100. The standard InChI is InChI=1S/C23H23N3O5S/c1-4-30-19-11-15(10-16-21(28)25-23(32)26-22(16)29)6-8-18(19)31-12-20(27)24-17-7-5-13(2)9-14(17)3/h5-11H,4,12H2,1-3H3,(H,24,27)(H2,25,26,28,29,32). The van der Waals surface area contributed by atoms with E-state index >= 15 is 0 Å². The Morgan fingerprint density at radius 1 is 1.03 bits per heavy atom. The number of hydrogen-bond acceptors (Lipinski definition) is 6. The molecule has 3 N–H and O–H groups in total. The largest absolute Gasteiger partial charge is 0.490 e. The maximum Gasteiger partial charge on any atom is 0.263 e. The van der Waals surface area contributed by atoms with Crippen LogP contribution >= 0.6 is 12.2 Å². The van der Waals surface area contributed by atoms with Crippen LogP contribution in [0.3, 0.4) is 0 Å². The number of carbonyl (C=O) groups excluding carboxylic acids is 3. The van der Waals surface area contributed by atoms with E-state index in [1.165, 1.54) is 6.08 Å². The van der Waals surface area contributed by atoms with Gasteiger partial charge in [0.15, 0.2) is 23.2 Å². The van der Waals surface area contributed by atoms with Crippen molar-refractivity contribution < 1.29 is 23.9 Å². The molecule has 32 heavy (non-hydrogen) atoms. The van der Waals surface area contributed by atoms with Crippen molar-refractivity contribution in [1.82, 2.24) is 10.6 Å². The highest BCUT2D eigenvalue weighted by atomic mass is 32.1. The molecular weight excluding hydrogens is 430 g/mol. The van der Waals surface area contributed by atoms with Gasteiger partial charge in [-0.2, -0.15) is 0 Å². The van der Waals surface area contributed by atoms with E-state index in [1.807, 2.05) is 39.0 Å². The molecule has 0 unspecified atom stereocenters. The molecule has 2 aromatic rings. The summed E-state index contributed by atoms with van der Waals surface area (Å²) in [6.45, 7) is 5.87. The molecule has 0 spiro atoms. The third-order valence-electron chi connectivity index (χ3n) is 4.54. The maximum atomic E-state index is 12.3. The Balaban J connectivity index is 1.72. The average molecular weight is 454 g/mol. The lowest BCUT2D eigenvalue weighted by molar-refractivity contribution is -0.123. The fraction of sp³-hybridized carbons (Fsp3) is 0.217. The van der Waals surface area contributed by atoms with Crippen LogP contribution in [0.1, 0.15) is 23.6 Å². The van der Waals surface area contributed by atoms with Gasteiger partial charge < -0.3 is 14.8 Å². The zero-order chi connectivity index (χ0) is 23.3. The predicted octanol–water partition coefficient (Wildman–Crippen LogP) is 2.63. The van der Waals surface area contributed by atoms with Gasteiger partial charge in [-0.3, -0.25) is 25.0 Å². The molecule has 1 fully saturated rings. The number of amides is 3. The van der Waals surface area contributed by atoms with Crippen molar-refractivity contribution in [2.75, 3.05) is 18.5 Å². The number of benzene rings is 2. The van der Waals surface area contributed by atoms with E-state index in [9.17, 15) is 14.4 Å². The SMILES string of the molecule is CCOc1cc(C=C2C(=O)NC(=S)NC2=O)ccc1OCC(=O)Nc1ccc(C)cc1C. The second-order valence-electron chi connectivity index (χ2n) is 7.09. The summed E-state index contributed by atoms with van der Waals surface area (Å²) < 4.78 is 11.3. The molecule has 0 atom stereocenters. The van der Waals surface area contributed by atoms with Crippen LogP contribution in [0.5, 0.6) is 11.5 Å². The van der Waals surface area contributed by atoms with Crippen LogP contribution in [0.25, 0.3) is 6.08 Å². The van der Waals surface area contributed by atoms with Crippen molar-refractivity contribution in [1.29, 1.82) is 0 Å². The summed E-state index contributed by atoms with van der Waals surface area (Å²) in [5, 5.41) is 7.56. The van der Waals surface area contributed by atoms with Gasteiger partial charge in [-0.05, 0) is 68.4 Å². The number of aryl methyl sites for hydroxylation is 2. The Morgan fingerprint density at radius 3 is 2.41 bits per heavy atom. The molecular formula is C23H23N3O5S. The minimum Gasteiger partial charge on any atom is -0.490 e. The Hall–Kier alpha value is -3.72. The predicted molar refractivity (Wildman–Crippen MR) is 125 cm³/mol. The Morgan fingerprint density at radius 2 is 1.75 bits per heavy atom. The van der Waals surface area contributed by atoms with Gasteiger partial charge in [0.1, 0.15) is 5.57 Å². The number of hydrogen-bond donors (Lipinski definition) is 3. The van der Waals surface area contributed by atoms with Crippen LogP contribution in [0.2, 0.25) is 0 Å². The Kier molecular flexibility index (Phi) is 7.21. The molecule has 1 saturated heterocycles. The monoisotopic (exact) mass is 453 g/mol. The second kappa shape index (κ2) is 10.1. The van der Waals surface area contributed by atoms with Gasteiger partial charge in [-0.1, -0.05) is 23.8 Å². The van der Waals surface area contributed by atoms with Crippen molar-refractivity contribution in [3.8, 4) is 11.5 Å². The van der Waals surface area contributed by atoms with Crippen LogP contribution in [0, 0.1) is 13.8 Å². The van der Waals surface area contributed by atoms with Crippen molar-refractivity contribution in [2.45, 2.75) is 20.8 Å². The maximum absolute atomic E-state index is 12.3. The molecule has 3 rings (SSSR count). The smallest absolute Gasteiger partial charge is 0.263 e. The topological polar surface area (TPSA) is 106 Å². The van der Waals surface area contributed by atoms with E-state index in [0.29, 0.717) is 23.7 Å². The lowest BCUT2D eigenvalue weighted by atomic mass is 10.1. The summed E-state index contributed by atoms with van der Waals surface area (Å²) in [5.74, 6) is -0.728. The van der Waals surface area contributed by atoms with Gasteiger partial charge in [0.25, 0.3) is 17.7 Å². The molecule has 1 aliphatic rings. The normalized spacial score (nSPS) is 13.2. The number of carbonyl (C=O) groups is 3. The molecule has 0 aliphatic carbocycles. The fourth-order valence-electron chi connectivity index (χ4n) is 3.06. The molecule has 0 bridgehead atoms. The zero-order valence-electron chi connectivity index (χ0n) is 17.9. The third-order valence-corrected chi connectivity index (χ3v) is 4.74. The number of thiocarbonyl (C=S) groups is 1. The van der Waals surface area contributed by atoms with Crippen molar-refractivity contribution in [3.05, 3.63) is 58.7 Å². The highest BCUT2D eigenvalue weighted by molar-refractivity contribution is 7.80. The first-order valence-corrected chi connectivity index (χ1v) is 10.3. The summed E-state index contributed by atoms with van der Waals surface area (Å²) >= 11 is 4.79. The number of rotatable bonds is 7. The first-order chi connectivity index (χ1) is 15.3. The molecule has 3 amide bonds. The molecule has 0 saturated carbocycles. The first-order valence-electron chi connectivity index (χ1n) is 9.92. The van der Waals surface area contributed by atoms with Gasteiger partial charge in [0.2, 0.25) is 0 Å². The van der Waals surface area contributed by atoms with E-state index in [4.69, 9.17) is 21.7 Å². The molecule has 9 heteroatoms. The van der Waals surface area contributed by atoms with E-state index in [-0.39, 0.29) is 23.2 Å². The zero-order valence-corrected chi connectivity index (χ0v) is 18.7. The summed E-state index contributed by atoms with van der Waals surface area (Å²) in [7, 11) is 0. The lowest BCUT2D eigenvalue weighted by Crippen LogP contribution is -2.51. The second-order valence-corrected chi connectivity index (χ2v) is 7.50. The first kappa shape index (κ1) is 23.0. The van der Waals surface area contributed by atoms with E-state index < -0.39 is 11.8 Å². The van der Waals surface area contributed by atoms with E-state index in [2.05, 4.69) is 16.0 Å². The number of ether oxygens (including phenoxy) is 2. The van der Waals surface area contributed by atoms with Crippen LogP contribution in [-0.2, 0) is 14.4 Å². The molecule has 0 aromatic heterocycles. The summed E-state index contributed by atoms with van der Waals surface area (Å²) in [6.07, 6.45) is 1.42. The molecule has 8 nitrogen and oxygen atoms in total. The van der Waals surface area contributed by atoms with Crippen molar-refractivity contribution in [3.63, 3.8) is 0 Å². The van der Waals surface area contributed by atoms with E-state index in [0.717, 1.165) is 16.8 Å². The third kappa shape index (κ3) is 5.70. The number of nitrogens with one attached hydrogen (secondary N) is 3. The fourth-order valence-corrected chi connectivity index (χ4v) is 3.24. The minimum absolute atomic E-state index is 0.0324. The lowest BCUT2D eigenvalue weighted by Gasteiger charge is -2.17. The molecule has 2 aromatic carbocycles. The average Bonchev–Trinajstić information content (AvgIpc) is 2.72. The van der Waals surface area contributed by atoms with Crippen molar-refractivity contribution in [2.24, 2.45) is 0 Å². The summed E-state index contributed by atoms with van der Waals surface area (Å²) in [6, 6.07) is 10.6. The van der Waals surface area contributed by atoms with Gasteiger partial charge in [-0.25, -0.2) is 0 Å². The highest BCUT2D eigenvalue weighted by Gasteiger charge is 2.25.